The van der Waals surface area contributed by atoms with Crippen LogP contribution in [0, 0.1) is 5.92 Å². The largest absolute Gasteiger partial charge is 0.416 e. The monoisotopic (exact) mass is 311 g/mol. The maximum absolute atomic E-state index is 13.0. The molecule has 1 aromatic rings. The number of hydrogen-bond acceptors (Lipinski definition) is 2. The van der Waals surface area contributed by atoms with Gasteiger partial charge in [-0.05, 0) is 44.4 Å². The highest BCUT2D eigenvalue weighted by atomic mass is 19.4. The van der Waals surface area contributed by atoms with Crippen molar-refractivity contribution in [2.75, 3.05) is 7.05 Å². The second-order valence-electron chi connectivity index (χ2n) is 6.52. The first-order valence-electron chi connectivity index (χ1n) is 7.76. The fourth-order valence-corrected chi connectivity index (χ4v) is 3.96. The third-order valence-corrected chi connectivity index (χ3v) is 5.24. The maximum atomic E-state index is 13.0. The van der Waals surface area contributed by atoms with Crippen molar-refractivity contribution in [3.05, 3.63) is 35.4 Å². The Balaban J connectivity index is 1.73. The van der Waals surface area contributed by atoms with Crippen LogP contribution in [-0.2, 0) is 17.4 Å². The van der Waals surface area contributed by atoms with E-state index in [1.165, 1.54) is 12.1 Å². The minimum atomic E-state index is -4.40. The molecule has 0 aromatic heterocycles. The van der Waals surface area contributed by atoms with Crippen LogP contribution in [0.25, 0.3) is 0 Å². The fourth-order valence-electron chi connectivity index (χ4n) is 3.96. The van der Waals surface area contributed by atoms with E-state index in [0.717, 1.165) is 31.7 Å². The number of nitrogens with zero attached hydrogens (tertiary/aromatic N) is 1. The number of Topliss-reactive ketones (excluding diaryl/α,β-unsaturated/α-hetero) is 1. The number of piperidine rings is 1. The van der Waals surface area contributed by atoms with Gasteiger partial charge in [0.2, 0.25) is 0 Å². The lowest BCUT2D eigenvalue weighted by atomic mass is 9.85. The first kappa shape index (κ1) is 15.5. The molecule has 2 atom stereocenters. The van der Waals surface area contributed by atoms with Crippen LogP contribution >= 0.6 is 0 Å². The maximum Gasteiger partial charge on any atom is 0.416 e. The van der Waals surface area contributed by atoms with Crippen LogP contribution in [-0.4, -0.2) is 29.8 Å². The van der Waals surface area contributed by atoms with E-state index in [1.54, 1.807) is 6.07 Å². The molecule has 120 valence electrons. The zero-order valence-electron chi connectivity index (χ0n) is 12.6. The topological polar surface area (TPSA) is 20.3 Å². The van der Waals surface area contributed by atoms with Gasteiger partial charge in [-0.25, -0.2) is 0 Å². The summed E-state index contributed by atoms with van der Waals surface area (Å²) in [6.07, 6.45) is -0.722. The molecule has 2 nitrogen and oxygen atoms in total. The predicted octanol–water partition coefficient (Wildman–Crippen LogP) is 3.69. The van der Waals surface area contributed by atoms with E-state index < -0.39 is 11.7 Å². The van der Waals surface area contributed by atoms with Gasteiger partial charge < -0.3 is 4.90 Å². The summed E-state index contributed by atoms with van der Waals surface area (Å²) in [7, 11) is 2.09. The van der Waals surface area contributed by atoms with Crippen LogP contribution in [0.15, 0.2) is 24.3 Å². The van der Waals surface area contributed by atoms with Gasteiger partial charge in [0.05, 0.1) is 5.56 Å². The van der Waals surface area contributed by atoms with E-state index in [2.05, 4.69) is 11.9 Å². The Kier molecular flexibility index (Phi) is 4.02. The van der Waals surface area contributed by atoms with Gasteiger partial charge >= 0.3 is 6.18 Å². The van der Waals surface area contributed by atoms with Crippen LogP contribution in [0.4, 0.5) is 13.2 Å². The quantitative estimate of drug-likeness (QED) is 0.848. The number of alkyl halides is 3. The van der Waals surface area contributed by atoms with Gasteiger partial charge in [-0.2, -0.15) is 13.2 Å². The molecule has 0 spiro atoms. The van der Waals surface area contributed by atoms with Gasteiger partial charge in [0.15, 0.2) is 0 Å². The molecule has 2 fully saturated rings. The number of rotatable bonds is 3. The third kappa shape index (κ3) is 2.91. The molecule has 2 aliphatic heterocycles. The molecule has 2 saturated heterocycles. The molecule has 2 aliphatic rings. The van der Waals surface area contributed by atoms with Crippen molar-refractivity contribution >= 4 is 5.78 Å². The minimum absolute atomic E-state index is 0.0401. The highest BCUT2D eigenvalue weighted by Gasteiger charge is 2.41. The van der Waals surface area contributed by atoms with E-state index in [-0.39, 0.29) is 23.7 Å². The van der Waals surface area contributed by atoms with Crippen LogP contribution in [0.5, 0.6) is 0 Å². The molecule has 3 rings (SSSR count). The molecule has 2 heterocycles. The first-order chi connectivity index (χ1) is 10.4. The van der Waals surface area contributed by atoms with Crippen LogP contribution in [0.1, 0.15) is 36.8 Å². The molecule has 0 N–H and O–H groups in total. The molecule has 1 aromatic carbocycles. The number of carbonyl (C=O) groups is 1. The van der Waals surface area contributed by atoms with Crippen molar-refractivity contribution in [3.63, 3.8) is 0 Å². The standard InChI is InChI=1S/C17H20F3NO/c1-21-13-6-7-14(21)9-12(8-13)16(22)10-11-4-2-3-5-15(11)17(18,19)20/h2-5,12-14H,6-10H2,1H3. The number of benzene rings is 1. The number of halogens is 3. The van der Waals surface area contributed by atoms with Crippen molar-refractivity contribution in [2.24, 2.45) is 5.92 Å². The summed E-state index contributed by atoms with van der Waals surface area (Å²) >= 11 is 0. The average Bonchev–Trinajstić information content (AvgIpc) is 2.68. The summed E-state index contributed by atoms with van der Waals surface area (Å²) in [6, 6.07) is 6.25. The summed E-state index contributed by atoms with van der Waals surface area (Å²) in [6.45, 7) is 0. The zero-order chi connectivity index (χ0) is 15.9. The molecule has 0 amide bonds. The van der Waals surface area contributed by atoms with E-state index in [9.17, 15) is 18.0 Å². The van der Waals surface area contributed by atoms with Crippen molar-refractivity contribution in [1.29, 1.82) is 0 Å². The Morgan fingerprint density at radius 3 is 2.36 bits per heavy atom. The summed E-state index contributed by atoms with van der Waals surface area (Å²) in [5, 5.41) is 0. The molecule has 5 heteroatoms. The summed E-state index contributed by atoms with van der Waals surface area (Å²) in [5.41, 5.74) is -0.578. The van der Waals surface area contributed by atoms with Crippen LogP contribution in [0.3, 0.4) is 0 Å². The molecular formula is C17H20F3NO. The van der Waals surface area contributed by atoms with Gasteiger partial charge in [0, 0.05) is 24.4 Å². The average molecular weight is 311 g/mol. The van der Waals surface area contributed by atoms with Crippen LogP contribution in [0.2, 0.25) is 0 Å². The minimum Gasteiger partial charge on any atom is -0.300 e. The Bertz CT molecular complexity index is 555. The Labute approximate surface area is 128 Å². The van der Waals surface area contributed by atoms with Crippen molar-refractivity contribution in [3.8, 4) is 0 Å². The highest BCUT2D eigenvalue weighted by Crippen LogP contribution is 2.39. The zero-order valence-corrected chi connectivity index (χ0v) is 12.6. The number of ketones is 1. The van der Waals surface area contributed by atoms with E-state index in [4.69, 9.17) is 0 Å². The summed E-state index contributed by atoms with van der Waals surface area (Å²) in [5.74, 6) is -0.128. The molecule has 2 bridgehead atoms. The molecular weight excluding hydrogens is 291 g/mol. The smallest absolute Gasteiger partial charge is 0.300 e. The molecule has 22 heavy (non-hydrogen) atoms. The van der Waals surface area contributed by atoms with E-state index >= 15 is 0 Å². The Hall–Kier alpha value is -1.36. The lowest BCUT2D eigenvalue weighted by Gasteiger charge is -2.35. The lowest BCUT2D eigenvalue weighted by Crippen LogP contribution is -2.42. The van der Waals surface area contributed by atoms with Crippen molar-refractivity contribution in [1.82, 2.24) is 4.90 Å². The number of hydrogen-bond donors (Lipinski definition) is 0. The van der Waals surface area contributed by atoms with Crippen LogP contribution < -0.4 is 0 Å². The van der Waals surface area contributed by atoms with Gasteiger partial charge in [0.1, 0.15) is 5.78 Å². The highest BCUT2D eigenvalue weighted by molar-refractivity contribution is 5.84. The van der Waals surface area contributed by atoms with Gasteiger partial charge in [-0.15, -0.1) is 0 Å². The third-order valence-electron chi connectivity index (χ3n) is 5.24. The van der Waals surface area contributed by atoms with Gasteiger partial charge in [-0.3, -0.25) is 4.79 Å². The lowest BCUT2D eigenvalue weighted by molar-refractivity contribution is -0.138. The Morgan fingerprint density at radius 1 is 1.18 bits per heavy atom. The number of fused-ring (bicyclic) bond motifs is 2. The van der Waals surface area contributed by atoms with E-state index in [1.807, 2.05) is 0 Å². The molecule has 2 unspecified atom stereocenters. The van der Waals surface area contributed by atoms with Crippen molar-refractivity contribution in [2.45, 2.75) is 50.4 Å². The molecule has 0 aliphatic carbocycles. The second-order valence-corrected chi connectivity index (χ2v) is 6.52. The number of carbonyl (C=O) groups excluding carboxylic acids is 1. The summed E-state index contributed by atoms with van der Waals surface area (Å²) < 4.78 is 39.0. The van der Waals surface area contributed by atoms with Gasteiger partial charge in [0.25, 0.3) is 0 Å². The normalized spacial score (nSPS) is 28.8. The summed E-state index contributed by atoms with van der Waals surface area (Å²) in [4.78, 5) is 14.8. The second kappa shape index (κ2) is 5.69. The van der Waals surface area contributed by atoms with E-state index in [0.29, 0.717) is 12.1 Å². The SMILES string of the molecule is CN1C2CCC1CC(C(=O)Cc1ccccc1C(F)(F)F)C2. The molecule has 0 radical (unpaired) electrons. The fraction of sp³-hybridized carbons (Fsp3) is 0.588. The Morgan fingerprint density at radius 2 is 1.77 bits per heavy atom. The predicted molar refractivity (Wildman–Crippen MR) is 77.5 cm³/mol. The first-order valence-corrected chi connectivity index (χ1v) is 7.76. The van der Waals surface area contributed by atoms with Crippen molar-refractivity contribution < 1.29 is 18.0 Å². The molecule has 0 saturated carbocycles. The van der Waals surface area contributed by atoms with Gasteiger partial charge in [-0.1, -0.05) is 18.2 Å².